The van der Waals surface area contributed by atoms with Crippen molar-refractivity contribution in [3.05, 3.63) is 35.9 Å². The van der Waals surface area contributed by atoms with E-state index in [1.807, 2.05) is 10.6 Å². The molecule has 3 rings (SSSR count). The highest BCUT2D eigenvalue weighted by atomic mass is 15.3. The lowest BCUT2D eigenvalue weighted by Gasteiger charge is -2.29. The zero-order valence-corrected chi connectivity index (χ0v) is 9.74. The molecule has 0 radical (unpaired) electrons. The van der Waals surface area contributed by atoms with Gasteiger partial charge in [0.25, 0.3) is 0 Å². The molecule has 2 N–H and O–H groups in total. The first-order valence-electron chi connectivity index (χ1n) is 5.69. The number of nitrogens with two attached hydrogens (primary N) is 1. The van der Waals surface area contributed by atoms with Crippen LogP contribution in [0, 0.1) is 11.3 Å². The molecule has 6 nitrogen and oxygen atoms in total. The molecule has 1 aliphatic rings. The molecule has 2 aromatic rings. The highest BCUT2D eigenvalue weighted by Gasteiger charge is 2.19. The fourth-order valence-electron chi connectivity index (χ4n) is 2.18. The number of hydrogen-bond donors (Lipinski definition) is 1. The Bertz CT molecular complexity index is 624. The van der Waals surface area contributed by atoms with Crippen LogP contribution in [0.25, 0.3) is 0 Å². The number of fused-ring (bicyclic) bond motifs is 1. The van der Waals surface area contributed by atoms with Crippen LogP contribution < -0.4 is 10.6 Å². The molecule has 1 aliphatic heterocycles. The summed E-state index contributed by atoms with van der Waals surface area (Å²) in [6.07, 6.45) is 1.74. The van der Waals surface area contributed by atoms with E-state index in [1.165, 1.54) is 0 Å². The summed E-state index contributed by atoms with van der Waals surface area (Å²) in [7, 11) is 0. The van der Waals surface area contributed by atoms with Crippen LogP contribution in [0.2, 0.25) is 0 Å². The fourth-order valence-corrected chi connectivity index (χ4v) is 2.18. The number of hydrogen-bond acceptors (Lipinski definition) is 5. The van der Waals surface area contributed by atoms with Gasteiger partial charge in [-0.05, 0) is 18.2 Å². The molecule has 90 valence electrons. The predicted octanol–water partition coefficient (Wildman–Crippen LogP) is 0.752. The maximum Gasteiger partial charge on any atom is 0.152 e. The highest BCUT2D eigenvalue weighted by Crippen LogP contribution is 2.27. The normalized spacial score (nSPS) is 14.1. The lowest BCUT2D eigenvalue weighted by molar-refractivity contribution is 0.560. The SMILES string of the molecule is N#Cc1ccc(N2CCn3cnnc3C2)c(N)c1. The van der Waals surface area contributed by atoms with Gasteiger partial charge >= 0.3 is 0 Å². The third-order valence-corrected chi connectivity index (χ3v) is 3.14. The molecule has 0 fully saturated rings. The Labute approximate surface area is 104 Å². The van der Waals surface area contributed by atoms with E-state index in [0.717, 1.165) is 24.6 Å². The van der Waals surface area contributed by atoms with Crippen LogP contribution in [-0.2, 0) is 13.1 Å². The van der Waals surface area contributed by atoms with Gasteiger partial charge in [0, 0.05) is 13.1 Å². The van der Waals surface area contributed by atoms with E-state index in [0.29, 0.717) is 17.8 Å². The smallest absolute Gasteiger partial charge is 0.152 e. The number of aromatic nitrogens is 3. The maximum absolute atomic E-state index is 8.82. The van der Waals surface area contributed by atoms with Crippen LogP contribution in [0.15, 0.2) is 24.5 Å². The van der Waals surface area contributed by atoms with Crippen molar-refractivity contribution in [2.75, 3.05) is 17.2 Å². The Morgan fingerprint density at radius 2 is 2.22 bits per heavy atom. The van der Waals surface area contributed by atoms with Crippen molar-refractivity contribution in [3.63, 3.8) is 0 Å². The second-order valence-corrected chi connectivity index (χ2v) is 4.25. The average molecular weight is 240 g/mol. The monoisotopic (exact) mass is 240 g/mol. The van der Waals surface area contributed by atoms with Gasteiger partial charge < -0.3 is 15.2 Å². The Hall–Kier alpha value is -2.55. The second-order valence-electron chi connectivity index (χ2n) is 4.25. The summed E-state index contributed by atoms with van der Waals surface area (Å²) in [5.74, 6) is 0.935. The lowest BCUT2D eigenvalue weighted by Crippen LogP contribution is -2.34. The van der Waals surface area contributed by atoms with Crippen LogP contribution in [0.1, 0.15) is 11.4 Å². The summed E-state index contributed by atoms with van der Waals surface area (Å²) in [6, 6.07) is 7.46. The van der Waals surface area contributed by atoms with Gasteiger partial charge in [-0.25, -0.2) is 0 Å². The molecular weight excluding hydrogens is 228 g/mol. The third kappa shape index (κ3) is 1.66. The predicted molar refractivity (Wildman–Crippen MR) is 66.6 cm³/mol. The Balaban J connectivity index is 1.91. The third-order valence-electron chi connectivity index (χ3n) is 3.14. The molecule has 0 saturated heterocycles. The summed E-state index contributed by atoms with van der Waals surface area (Å²) in [5, 5.41) is 16.8. The quantitative estimate of drug-likeness (QED) is 0.744. The first kappa shape index (κ1) is 10.6. The van der Waals surface area contributed by atoms with E-state index in [4.69, 9.17) is 11.0 Å². The minimum Gasteiger partial charge on any atom is -0.397 e. The Morgan fingerprint density at radius 1 is 1.33 bits per heavy atom. The summed E-state index contributed by atoms with van der Waals surface area (Å²) in [4.78, 5) is 2.15. The van der Waals surface area contributed by atoms with E-state index in [9.17, 15) is 0 Å². The Kier molecular flexibility index (Phi) is 2.38. The number of nitriles is 1. The first-order chi connectivity index (χ1) is 8.78. The summed E-state index contributed by atoms with van der Waals surface area (Å²) in [6.45, 7) is 2.40. The van der Waals surface area contributed by atoms with Crippen LogP contribution in [-0.4, -0.2) is 21.3 Å². The first-order valence-corrected chi connectivity index (χ1v) is 5.69. The van der Waals surface area contributed by atoms with Crippen LogP contribution in [0.4, 0.5) is 11.4 Å². The molecule has 0 amide bonds. The molecular formula is C12H12N6. The molecule has 1 aromatic carbocycles. The molecule has 0 saturated carbocycles. The van der Waals surface area contributed by atoms with Crippen LogP contribution >= 0.6 is 0 Å². The van der Waals surface area contributed by atoms with Gasteiger partial charge in [0.15, 0.2) is 5.82 Å². The minimum absolute atomic E-state index is 0.580. The average Bonchev–Trinajstić information content (AvgIpc) is 2.85. The number of anilines is 2. The van der Waals surface area contributed by atoms with Gasteiger partial charge in [0.1, 0.15) is 6.33 Å². The second kappa shape index (κ2) is 4.04. The maximum atomic E-state index is 8.82. The zero-order valence-electron chi connectivity index (χ0n) is 9.74. The van der Waals surface area contributed by atoms with Gasteiger partial charge in [0.05, 0.1) is 29.6 Å². The van der Waals surface area contributed by atoms with Crippen molar-refractivity contribution in [3.8, 4) is 6.07 Å². The molecule has 6 heteroatoms. The van der Waals surface area contributed by atoms with E-state index in [-0.39, 0.29) is 0 Å². The van der Waals surface area contributed by atoms with E-state index < -0.39 is 0 Å². The molecule has 0 bridgehead atoms. The summed E-state index contributed by atoms with van der Waals surface area (Å²) < 4.78 is 2.04. The van der Waals surface area contributed by atoms with Crippen molar-refractivity contribution >= 4 is 11.4 Å². The molecule has 2 heterocycles. The lowest BCUT2D eigenvalue weighted by atomic mass is 10.1. The molecule has 18 heavy (non-hydrogen) atoms. The highest BCUT2D eigenvalue weighted by molar-refractivity contribution is 5.69. The van der Waals surface area contributed by atoms with E-state index in [2.05, 4.69) is 21.2 Å². The Morgan fingerprint density at radius 3 is 3.00 bits per heavy atom. The fraction of sp³-hybridized carbons (Fsp3) is 0.250. The summed E-state index contributed by atoms with van der Waals surface area (Å²) in [5.41, 5.74) is 8.14. The van der Waals surface area contributed by atoms with Crippen molar-refractivity contribution in [1.29, 1.82) is 5.26 Å². The topological polar surface area (TPSA) is 83.8 Å². The van der Waals surface area contributed by atoms with Crippen molar-refractivity contribution < 1.29 is 0 Å². The van der Waals surface area contributed by atoms with Crippen molar-refractivity contribution in [2.45, 2.75) is 13.1 Å². The number of rotatable bonds is 1. The van der Waals surface area contributed by atoms with E-state index >= 15 is 0 Å². The molecule has 0 spiro atoms. The zero-order chi connectivity index (χ0) is 12.5. The van der Waals surface area contributed by atoms with Gasteiger partial charge in [-0.2, -0.15) is 5.26 Å². The van der Waals surface area contributed by atoms with Gasteiger partial charge in [0.2, 0.25) is 0 Å². The van der Waals surface area contributed by atoms with Gasteiger partial charge in [-0.3, -0.25) is 0 Å². The molecule has 1 aromatic heterocycles. The number of nitrogen functional groups attached to an aromatic ring is 1. The standard InChI is InChI=1S/C12H12N6/c13-6-9-1-2-11(10(14)5-9)17-3-4-18-8-15-16-12(18)7-17/h1-2,5,8H,3-4,7,14H2. The largest absolute Gasteiger partial charge is 0.397 e. The van der Waals surface area contributed by atoms with Crippen molar-refractivity contribution in [2.24, 2.45) is 0 Å². The van der Waals surface area contributed by atoms with Gasteiger partial charge in [-0.1, -0.05) is 0 Å². The molecule has 0 aliphatic carbocycles. The number of benzene rings is 1. The van der Waals surface area contributed by atoms with Crippen LogP contribution in [0.5, 0.6) is 0 Å². The molecule has 0 unspecified atom stereocenters. The summed E-state index contributed by atoms with van der Waals surface area (Å²) >= 11 is 0. The van der Waals surface area contributed by atoms with Gasteiger partial charge in [-0.15, -0.1) is 10.2 Å². The number of nitrogens with zero attached hydrogens (tertiary/aromatic N) is 5. The van der Waals surface area contributed by atoms with Crippen LogP contribution in [0.3, 0.4) is 0 Å². The van der Waals surface area contributed by atoms with Crippen molar-refractivity contribution in [1.82, 2.24) is 14.8 Å². The van der Waals surface area contributed by atoms with E-state index in [1.54, 1.807) is 18.5 Å². The molecule has 0 atom stereocenters. The minimum atomic E-state index is 0.580.